The molecule has 112 valence electrons. The summed E-state index contributed by atoms with van der Waals surface area (Å²) in [5, 5.41) is 0.774. The molecule has 0 radical (unpaired) electrons. The molecule has 0 aliphatic carbocycles. The third kappa shape index (κ3) is 3.09. The maximum Gasteiger partial charge on any atom is 0.254 e. The zero-order valence-electron chi connectivity index (χ0n) is 11.5. The first-order chi connectivity index (χ1) is 9.65. The molecule has 3 N–H and O–H groups in total. The number of hydrogen-bond donors (Lipinski definition) is 2. The summed E-state index contributed by atoms with van der Waals surface area (Å²) in [5.74, 6) is -0.109. The molecule has 1 aromatic carbocycles. The van der Waals surface area contributed by atoms with Gasteiger partial charge in [-0.3, -0.25) is 9.59 Å². The molecule has 1 aliphatic heterocycles. The number of para-hydroxylation sites is 1. The van der Waals surface area contributed by atoms with Crippen LogP contribution in [0.3, 0.4) is 0 Å². The van der Waals surface area contributed by atoms with E-state index in [-0.39, 0.29) is 29.9 Å². The van der Waals surface area contributed by atoms with E-state index in [0.29, 0.717) is 24.2 Å². The topological polar surface area (TPSA) is 79.2 Å². The molecule has 3 rings (SSSR count). The summed E-state index contributed by atoms with van der Waals surface area (Å²) in [6.07, 6.45) is 1.86. The lowest BCUT2D eigenvalue weighted by atomic mass is 10.0. The number of aromatic amines is 1. The van der Waals surface area contributed by atoms with Gasteiger partial charge in [-0.2, -0.15) is 0 Å². The number of nitrogens with zero attached hydrogens (tertiary/aromatic N) is 1. The van der Waals surface area contributed by atoms with Gasteiger partial charge < -0.3 is 15.6 Å². The summed E-state index contributed by atoms with van der Waals surface area (Å²) in [7, 11) is 0. The van der Waals surface area contributed by atoms with E-state index in [1.54, 1.807) is 11.0 Å². The summed E-state index contributed by atoms with van der Waals surface area (Å²) in [6, 6.07) is 8.76. The maximum atomic E-state index is 12.6. The Labute approximate surface area is 128 Å². The highest BCUT2D eigenvalue weighted by Gasteiger charge is 2.23. The number of fused-ring (bicyclic) bond motifs is 1. The maximum absolute atomic E-state index is 12.6. The summed E-state index contributed by atoms with van der Waals surface area (Å²) in [6.45, 7) is 1.26. The Morgan fingerprint density at radius 2 is 2.10 bits per heavy atom. The summed E-state index contributed by atoms with van der Waals surface area (Å²) < 4.78 is 0. The number of carbonyl (C=O) groups is 1. The quantitative estimate of drug-likeness (QED) is 0.838. The zero-order valence-corrected chi connectivity index (χ0v) is 12.4. The van der Waals surface area contributed by atoms with E-state index in [4.69, 9.17) is 5.73 Å². The fraction of sp³-hybridized carbons (Fsp3) is 0.333. The van der Waals surface area contributed by atoms with Crippen LogP contribution in [0.1, 0.15) is 23.2 Å². The van der Waals surface area contributed by atoms with Gasteiger partial charge in [-0.1, -0.05) is 18.2 Å². The molecule has 1 atom stereocenters. The number of hydrogen-bond acceptors (Lipinski definition) is 3. The molecule has 2 heterocycles. The number of nitrogens with one attached hydrogen (secondary N) is 1. The second-order valence-electron chi connectivity index (χ2n) is 5.25. The van der Waals surface area contributed by atoms with Crippen LogP contribution < -0.4 is 11.3 Å². The van der Waals surface area contributed by atoms with Crippen LogP contribution in [-0.2, 0) is 0 Å². The molecule has 5 nitrogen and oxygen atoms in total. The van der Waals surface area contributed by atoms with E-state index in [1.807, 2.05) is 18.2 Å². The van der Waals surface area contributed by atoms with E-state index >= 15 is 0 Å². The Hall–Kier alpha value is -1.85. The van der Waals surface area contributed by atoms with E-state index in [0.717, 1.165) is 18.2 Å². The number of carbonyl (C=O) groups excluding carboxylic acids is 1. The second-order valence-corrected chi connectivity index (χ2v) is 5.25. The first-order valence-electron chi connectivity index (χ1n) is 6.82. The summed E-state index contributed by atoms with van der Waals surface area (Å²) >= 11 is 0. The van der Waals surface area contributed by atoms with Crippen molar-refractivity contribution in [1.29, 1.82) is 0 Å². The monoisotopic (exact) mass is 307 g/mol. The number of pyridine rings is 1. The highest BCUT2D eigenvalue weighted by Crippen LogP contribution is 2.18. The highest BCUT2D eigenvalue weighted by atomic mass is 35.5. The number of halogens is 1. The van der Waals surface area contributed by atoms with Gasteiger partial charge in [0.15, 0.2) is 0 Å². The third-order valence-electron chi connectivity index (χ3n) is 3.73. The van der Waals surface area contributed by atoms with Gasteiger partial charge >= 0.3 is 0 Å². The Bertz CT molecular complexity index is 713. The van der Waals surface area contributed by atoms with Crippen LogP contribution in [0.25, 0.3) is 10.9 Å². The first-order valence-corrected chi connectivity index (χ1v) is 6.82. The smallest absolute Gasteiger partial charge is 0.254 e. The van der Waals surface area contributed by atoms with Crippen LogP contribution in [0, 0.1) is 0 Å². The number of amides is 1. The number of aromatic nitrogens is 1. The van der Waals surface area contributed by atoms with Gasteiger partial charge in [0.2, 0.25) is 5.56 Å². The van der Waals surface area contributed by atoms with Crippen LogP contribution in [0.4, 0.5) is 0 Å². The van der Waals surface area contributed by atoms with E-state index in [2.05, 4.69) is 4.98 Å². The lowest BCUT2D eigenvalue weighted by Crippen LogP contribution is -2.45. The third-order valence-corrected chi connectivity index (χ3v) is 3.73. The average molecular weight is 308 g/mol. The van der Waals surface area contributed by atoms with Crippen LogP contribution in [-0.4, -0.2) is 34.9 Å². The molecule has 1 amide bonds. The van der Waals surface area contributed by atoms with Crippen molar-refractivity contribution in [1.82, 2.24) is 9.88 Å². The van der Waals surface area contributed by atoms with Crippen molar-refractivity contribution in [2.75, 3.05) is 13.1 Å². The van der Waals surface area contributed by atoms with E-state index in [9.17, 15) is 9.59 Å². The van der Waals surface area contributed by atoms with E-state index in [1.165, 1.54) is 6.07 Å². The van der Waals surface area contributed by atoms with Crippen molar-refractivity contribution >= 4 is 29.2 Å². The average Bonchev–Trinajstić information content (AvgIpc) is 2.45. The van der Waals surface area contributed by atoms with Gasteiger partial charge in [0.1, 0.15) is 0 Å². The van der Waals surface area contributed by atoms with Crippen molar-refractivity contribution < 1.29 is 4.79 Å². The van der Waals surface area contributed by atoms with Crippen molar-refractivity contribution in [3.8, 4) is 0 Å². The van der Waals surface area contributed by atoms with Gasteiger partial charge in [-0.25, -0.2) is 0 Å². The second kappa shape index (κ2) is 6.28. The number of H-pyrrole nitrogens is 1. The largest absolute Gasteiger partial charge is 0.337 e. The molecule has 0 unspecified atom stereocenters. The highest BCUT2D eigenvalue weighted by molar-refractivity contribution is 6.05. The molecule has 1 fully saturated rings. The molecule has 2 aromatic rings. The van der Waals surface area contributed by atoms with E-state index < -0.39 is 0 Å². The zero-order chi connectivity index (χ0) is 14.1. The molecule has 1 aliphatic rings. The van der Waals surface area contributed by atoms with Gasteiger partial charge in [-0.05, 0) is 18.9 Å². The van der Waals surface area contributed by atoms with Crippen molar-refractivity contribution in [3.63, 3.8) is 0 Å². The molecule has 0 spiro atoms. The van der Waals surface area contributed by atoms with Crippen LogP contribution in [0.5, 0.6) is 0 Å². The van der Waals surface area contributed by atoms with Gasteiger partial charge in [-0.15, -0.1) is 12.4 Å². The summed E-state index contributed by atoms with van der Waals surface area (Å²) in [5.41, 5.74) is 6.81. The van der Waals surface area contributed by atoms with Crippen molar-refractivity contribution in [2.24, 2.45) is 5.73 Å². The Balaban J connectivity index is 0.00000161. The SMILES string of the molecule is Cl.N[C@@H]1CCCN(C(=O)c2cc(=O)[nH]c3ccccc23)C1. The molecule has 21 heavy (non-hydrogen) atoms. The molecule has 0 bridgehead atoms. The molecular weight excluding hydrogens is 290 g/mol. The standard InChI is InChI=1S/C15H17N3O2.ClH/c16-10-4-3-7-18(9-10)15(20)12-8-14(19)17-13-6-2-1-5-11(12)13;/h1-2,5-6,8,10H,3-4,7,9,16H2,(H,17,19);1H/t10-;/m1./s1. The summed E-state index contributed by atoms with van der Waals surface area (Å²) in [4.78, 5) is 28.8. The molecular formula is C15H18ClN3O2. The van der Waals surface area contributed by atoms with Crippen LogP contribution >= 0.6 is 12.4 Å². The minimum atomic E-state index is -0.256. The number of rotatable bonds is 1. The van der Waals surface area contributed by atoms with Gasteiger partial charge in [0.05, 0.1) is 5.56 Å². The van der Waals surface area contributed by atoms with Crippen molar-refractivity contribution in [3.05, 3.63) is 46.2 Å². The Morgan fingerprint density at radius 3 is 2.86 bits per heavy atom. The number of likely N-dealkylation sites (tertiary alicyclic amines) is 1. The Kier molecular flexibility index (Phi) is 4.65. The number of benzene rings is 1. The molecule has 6 heteroatoms. The van der Waals surface area contributed by atoms with Gasteiger partial charge in [0.25, 0.3) is 5.91 Å². The minimum absolute atomic E-state index is 0. The number of piperidine rings is 1. The molecule has 1 saturated heterocycles. The number of nitrogens with two attached hydrogens (primary N) is 1. The van der Waals surface area contributed by atoms with Crippen LogP contribution in [0.15, 0.2) is 35.1 Å². The Morgan fingerprint density at radius 1 is 1.33 bits per heavy atom. The molecule has 0 saturated carbocycles. The fourth-order valence-corrected chi connectivity index (χ4v) is 2.75. The predicted octanol–water partition coefficient (Wildman–Crippen LogP) is 1.51. The lowest BCUT2D eigenvalue weighted by Gasteiger charge is -2.31. The normalized spacial score (nSPS) is 18.3. The first kappa shape index (κ1) is 15.5. The van der Waals surface area contributed by atoms with Crippen LogP contribution in [0.2, 0.25) is 0 Å². The minimum Gasteiger partial charge on any atom is -0.337 e. The van der Waals surface area contributed by atoms with Crippen molar-refractivity contribution in [2.45, 2.75) is 18.9 Å². The predicted molar refractivity (Wildman–Crippen MR) is 84.9 cm³/mol. The molecule has 1 aromatic heterocycles. The lowest BCUT2D eigenvalue weighted by molar-refractivity contribution is 0.0710. The van der Waals surface area contributed by atoms with Gasteiger partial charge in [0, 0.05) is 36.1 Å². The fourth-order valence-electron chi connectivity index (χ4n) is 2.75.